The average molecular weight is 338 g/mol. The second-order valence-corrected chi connectivity index (χ2v) is 5.32. The quantitative estimate of drug-likeness (QED) is 0.869. The van der Waals surface area contributed by atoms with Crippen LogP contribution in [0.1, 0.15) is 17.0 Å². The van der Waals surface area contributed by atoms with Gasteiger partial charge in [-0.3, -0.25) is 0 Å². The topological polar surface area (TPSA) is 61.0 Å². The van der Waals surface area contributed by atoms with Crippen molar-refractivity contribution in [3.05, 3.63) is 51.8 Å². The standard InChI is InChI=1S/C13H12BrN3OS/c1-8-5-11(12(15)19)17-13(16-8)18-7-9-3-2-4-10(14)6-9/h2-6H,7H2,1H3,(H2,15,19). The molecule has 0 aliphatic heterocycles. The highest BCUT2D eigenvalue weighted by Crippen LogP contribution is 2.14. The first-order valence-electron chi connectivity index (χ1n) is 5.57. The highest BCUT2D eigenvalue weighted by molar-refractivity contribution is 9.10. The summed E-state index contributed by atoms with van der Waals surface area (Å²) in [7, 11) is 0. The fourth-order valence-electron chi connectivity index (χ4n) is 1.51. The molecule has 0 aliphatic rings. The molecule has 1 heterocycles. The van der Waals surface area contributed by atoms with Crippen LogP contribution in [0.4, 0.5) is 0 Å². The smallest absolute Gasteiger partial charge is 0.317 e. The maximum absolute atomic E-state index is 5.56. The molecule has 19 heavy (non-hydrogen) atoms. The van der Waals surface area contributed by atoms with Gasteiger partial charge in [-0.1, -0.05) is 40.3 Å². The molecule has 0 atom stereocenters. The maximum Gasteiger partial charge on any atom is 0.317 e. The van der Waals surface area contributed by atoms with Crippen LogP contribution in [0.3, 0.4) is 0 Å². The molecule has 98 valence electrons. The summed E-state index contributed by atoms with van der Waals surface area (Å²) in [5, 5.41) is 0. The van der Waals surface area contributed by atoms with Gasteiger partial charge in [-0.2, -0.15) is 4.98 Å². The van der Waals surface area contributed by atoms with Gasteiger partial charge in [0.25, 0.3) is 0 Å². The zero-order chi connectivity index (χ0) is 13.8. The number of ether oxygens (including phenoxy) is 1. The van der Waals surface area contributed by atoms with E-state index in [0.717, 1.165) is 15.7 Å². The molecule has 0 fully saturated rings. The Balaban J connectivity index is 2.13. The first-order chi connectivity index (χ1) is 9.04. The summed E-state index contributed by atoms with van der Waals surface area (Å²) in [6.45, 7) is 2.23. The summed E-state index contributed by atoms with van der Waals surface area (Å²) >= 11 is 8.31. The largest absolute Gasteiger partial charge is 0.459 e. The summed E-state index contributed by atoms with van der Waals surface area (Å²) in [6, 6.07) is 9.86. The molecule has 0 spiro atoms. The molecule has 0 amide bonds. The third-order valence-corrected chi connectivity index (χ3v) is 3.05. The van der Waals surface area contributed by atoms with Gasteiger partial charge in [0.2, 0.25) is 0 Å². The van der Waals surface area contributed by atoms with Crippen LogP contribution in [-0.2, 0) is 6.61 Å². The Kier molecular flexibility index (Phi) is 4.44. The third-order valence-electron chi connectivity index (χ3n) is 2.34. The van der Waals surface area contributed by atoms with E-state index in [4.69, 9.17) is 22.7 Å². The van der Waals surface area contributed by atoms with Crippen molar-refractivity contribution in [2.75, 3.05) is 0 Å². The SMILES string of the molecule is Cc1cc(C(N)=S)nc(OCc2cccc(Br)c2)n1. The van der Waals surface area contributed by atoms with Gasteiger partial charge in [-0.05, 0) is 30.7 Å². The number of nitrogens with two attached hydrogens (primary N) is 1. The number of benzene rings is 1. The predicted molar refractivity (Wildman–Crippen MR) is 81.1 cm³/mol. The predicted octanol–water partition coefficient (Wildman–Crippen LogP) is 2.76. The minimum Gasteiger partial charge on any atom is -0.459 e. The molecular weight excluding hydrogens is 326 g/mol. The number of rotatable bonds is 4. The highest BCUT2D eigenvalue weighted by Gasteiger charge is 2.06. The molecule has 0 aliphatic carbocycles. The number of hydrogen-bond acceptors (Lipinski definition) is 4. The van der Waals surface area contributed by atoms with Gasteiger partial charge in [0.15, 0.2) is 0 Å². The normalized spacial score (nSPS) is 10.2. The lowest BCUT2D eigenvalue weighted by atomic mass is 10.2. The lowest BCUT2D eigenvalue weighted by Gasteiger charge is -2.07. The third kappa shape index (κ3) is 3.97. The summed E-state index contributed by atoms with van der Waals surface area (Å²) in [5.41, 5.74) is 7.87. The van der Waals surface area contributed by atoms with Crippen LogP contribution in [0.25, 0.3) is 0 Å². The summed E-state index contributed by atoms with van der Waals surface area (Å²) in [4.78, 5) is 8.59. The van der Waals surface area contributed by atoms with Crippen LogP contribution in [0.2, 0.25) is 0 Å². The number of thiocarbonyl (C=S) groups is 1. The van der Waals surface area contributed by atoms with Crippen LogP contribution in [-0.4, -0.2) is 15.0 Å². The molecular formula is C13H12BrN3OS. The van der Waals surface area contributed by atoms with E-state index in [9.17, 15) is 0 Å². The van der Waals surface area contributed by atoms with Crippen LogP contribution in [0.5, 0.6) is 6.01 Å². The summed E-state index contributed by atoms with van der Waals surface area (Å²) in [5.74, 6) is 0. The van der Waals surface area contributed by atoms with E-state index >= 15 is 0 Å². The van der Waals surface area contributed by atoms with Gasteiger partial charge < -0.3 is 10.5 Å². The Morgan fingerprint density at radius 2 is 2.16 bits per heavy atom. The fraction of sp³-hybridized carbons (Fsp3) is 0.154. The number of aryl methyl sites for hydroxylation is 1. The van der Waals surface area contributed by atoms with Gasteiger partial charge in [-0.25, -0.2) is 4.98 Å². The van der Waals surface area contributed by atoms with E-state index in [1.54, 1.807) is 6.07 Å². The van der Waals surface area contributed by atoms with Gasteiger partial charge >= 0.3 is 6.01 Å². The molecule has 0 unspecified atom stereocenters. The van der Waals surface area contributed by atoms with Gasteiger partial charge in [0.05, 0.1) is 0 Å². The molecule has 0 radical (unpaired) electrons. The number of nitrogens with zero attached hydrogens (tertiary/aromatic N) is 2. The molecule has 0 saturated heterocycles. The monoisotopic (exact) mass is 337 g/mol. The van der Waals surface area contributed by atoms with Crippen molar-refractivity contribution in [3.8, 4) is 6.01 Å². The minimum absolute atomic E-state index is 0.234. The lowest BCUT2D eigenvalue weighted by Crippen LogP contribution is -2.13. The first kappa shape index (κ1) is 13.9. The second kappa shape index (κ2) is 6.08. The van der Waals surface area contributed by atoms with Crippen molar-refractivity contribution in [2.24, 2.45) is 5.73 Å². The van der Waals surface area contributed by atoms with Gasteiger partial charge in [0, 0.05) is 10.2 Å². The first-order valence-corrected chi connectivity index (χ1v) is 6.77. The van der Waals surface area contributed by atoms with Crippen molar-refractivity contribution in [1.29, 1.82) is 0 Å². The van der Waals surface area contributed by atoms with Crippen LogP contribution in [0, 0.1) is 6.92 Å². The van der Waals surface area contributed by atoms with E-state index in [1.165, 1.54) is 0 Å². The van der Waals surface area contributed by atoms with Crippen molar-refractivity contribution in [2.45, 2.75) is 13.5 Å². The Hall–Kier alpha value is -1.53. The van der Waals surface area contributed by atoms with Crippen molar-refractivity contribution < 1.29 is 4.74 Å². The Morgan fingerprint density at radius 1 is 1.37 bits per heavy atom. The molecule has 4 nitrogen and oxygen atoms in total. The number of aromatic nitrogens is 2. The minimum atomic E-state index is 0.234. The Labute approximate surface area is 125 Å². The Bertz CT molecular complexity index is 619. The lowest BCUT2D eigenvalue weighted by molar-refractivity contribution is 0.280. The van der Waals surface area contributed by atoms with Crippen molar-refractivity contribution in [3.63, 3.8) is 0 Å². The molecule has 0 bridgehead atoms. The molecule has 1 aromatic heterocycles. The number of halogens is 1. The van der Waals surface area contributed by atoms with E-state index in [2.05, 4.69) is 25.9 Å². The van der Waals surface area contributed by atoms with Crippen LogP contribution >= 0.6 is 28.1 Å². The van der Waals surface area contributed by atoms with Crippen LogP contribution < -0.4 is 10.5 Å². The van der Waals surface area contributed by atoms with Gasteiger partial charge in [0.1, 0.15) is 17.3 Å². The average Bonchev–Trinajstić information content (AvgIpc) is 2.36. The Morgan fingerprint density at radius 3 is 2.84 bits per heavy atom. The molecule has 6 heteroatoms. The molecule has 2 rings (SSSR count). The highest BCUT2D eigenvalue weighted by atomic mass is 79.9. The fourth-order valence-corrected chi connectivity index (χ4v) is 2.06. The zero-order valence-electron chi connectivity index (χ0n) is 10.3. The molecule has 0 saturated carbocycles. The van der Waals surface area contributed by atoms with Gasteiger partial charge in [-0.15, -0.1) is 0 Å². The van der Waals surface area contributed by atoms with E-state index in [-0.39, 0.29) is 11.0 Å². The molecule has 1 aromatic carbocycles. The van der Waals surface area contributed by atoms with Crippen molar-refractivity contribution in [1.82, 2.24) is 9.97 Å². The van der Waals surface area contributed by atoms with Crippen LogP contribution in [0.15, 0.2) is 34.8 Å². The second-order valence-electron chi connectivity index (χ2n) is 3.96. The van der Waals surface area contributed by atoms with E-state index in [0.29, 0.717) is 12.3 Å². The summed E-state index contributed by atoms with van der Waals surface area (Å²) in [6.07, 6.45) is 0. The molecule has 2 N–H and O–H groups in total. The zero-order valence-corrected chi connectivity index (χ0v) is 12.7. The van der Waals surface area contributed by atoms with E-state index in [1.807, 2.05) is 31.2 Å². The number of hydrogen-bond donors (Lipinski definition) is 1. The van der Waals surface area contributed by atoms with E-state index < -0.39 is 0 Å². The van der Waals surface area contributed by atoms with Crippen molar-refractivity contribution >= 4 is 33.1 Å². The molecule has 2 aromatic rings. The maximum atomic E-state index is 5.56. The summed E-state index contributed by atoms with van der Waals surface area (Å²) < 4.78 is 6.56.